The van der Waals surface area contributed by atoms with Gasteiger partial charge < -0.3 is 5.11 Å². The Morgan fingerprint density at radius 1 is 1.58 bits per heavy atom. The maximum Gasteiger partial charge on any atom is 0.353 e. The van der Waals surface area contributed by atoms with Crippen molar-refractivity contribution in [1.29, 1.82) is 0 Å². The molecule has 0 saturated carbocycles. The number of aliphatic carboxylic acids is 1. The van der Waals surface area contributed by atoms with E-state index in [0.29, 0.717) is 17.9 Å². The number of allylic oxidation sites excluding steroid dienone is 1. The predicted octanol–water partition coefficient (Wildman–Crippen LogP) is 1.10. The molecule has 1 aromatic heterocycles. The van der Waals surface area contributed by atoms with Crippen LogP contribution in [0.15, 0.2) is 16.7 Å². The Labute approximate surface area is 114 Å². The van der Waals surface area contributed by atoms with E-state index in [1.807, 2.05) is 19.9 Å². The molecule has 3 rings (SSSR count). The van der Waals surface area contributed by atoms with Crippen molar-refractivity contribution >= 4 is 23.6 Å². The minimum atomic E-state index is -1.04. The van der Waals surface area contributed by atoms with E-state index in [1.54, 1.807) is 4.68 Å². The van der Waals surface area contributed by atoms with Crippen molar-refractivity contribution in [2.45, 2.75) is 32.2 Å². The second-order valence-corrected chi connectivity index (χ2v) is 5.97. The molecule has 1 saturated heterocycles. The summed E-state index contributed by atoms with van der Waals surface area (Å²) in [4.78, 5) is 24.9. The predicted molar refractivity (Wildman–Crippen MR) is 69.2 cm³/mol. The number of aromatic nitrogens is 2. The van der Waals surface area contributed by atoms with Gasteiger partial charge in [-0.2, -0.15) is 5.10 Å². The van der Waals surface area contributed by atoms with Gasteiger partial charge in [-0.05, 0) is 19.9 Å². The molecule has 3 heterocycles. The maximum absolute atomic E-state index is 11.5. The van der Waals surface area contributed by atoms with Gasteiger partial charge >= 0.3 is 5.97 Å². The van der Waals surface area contributed by atoms with E-state index in [-0.39, 0.29) is 17.0 Å². The minimum absolute atomic E-state index is 0.0365. The molecule has 1 N–H and O–H groups in total. The number of nitrogens with zero attached hydrogens (tertiary/aromatic N) is 3. The van der Waals surface area contributed by atoms with Crippen LogP contribution in [-0.4, -0.2) is 37.0 Å². The summed E-state index contributed by atoms with van der Waals surface area (Å²) in [5.41, 5.74) is 2.01. The Hall–Kier alpha value is -1.76. The Kier molecular flexibility index (Phi) is 2.67. The lowest BCUT2D eigenvalue weighted by Crippen LogP contribution is -2.48. The average molecular weight is 279 g/mol. The van der Waals surface area contributed by atoms with Gasteiger partial charge in [-0.1, -0.05) is 0 Å². The first-order chi connectivity index (χ1) is 8.97. The molecule has 0 aromatic carbocycles. The molecule has 0 unspecified atom stereocenters. The molecule has 0 spiro atoms. The molecule has 1 atom stereocenters. The number of aryl methyl sites for hydroxylation is 2. The number of rotatable bonds is 3. The molecule has 1 fully saturated rings. The normalized spacial score (nSPS) is 21.7. The highest BCUT2D eigenvalue weighted by molar-refractivity contribution is 8.04. The SMILES string of the molecule is Cc1cc(C)n(CC2=C(C(=O)O)N3C(=O)C[C@H]3S2)n1. The van der Waals surface area contributed by atoms with Crippen LogP contribution in [0.25, 0.3) is 0 Å². The molecule has 100 valence electrons. The van der Waals surface area contributed by atoms with Gasteiger partial charge in [-0.3, -0.25) is 14.4 Å². The summed E-state index contributed by atoms with van der Waals surface area (Å²) in [6.07, 6.45) is 0.419. The van der Waals surface area contributed by atoms with Crippen molar-refractivity contribution in [2.24, 2.45) is 0 Å². The molecule has 0 aliphatic carbocycles. The van der Waals surface area contributed by atoms with E-state index >= 15 is 0 Å². The van der Waals surface area contributed by atoms with E-state index < -0.39 is 5.97 Å². The molecule has 0 bridgehead atoms. The van der Waals surface area contributed by atoms with Gasteiger partial charge in [0.15, 0.2) is 0 Å². The highest BCUT2D eigenvalue weighted by Crippen LogP contribution is 2.46. The number of carboxylic acid groups (broad SMARTS) is 1. The van der Waals surface area contributed by atoms with Crippen molar-refractivity contribution in [2.75, 3.05) is 0 Å². The van der Waals surface area contributed by atoms with Gasteiger partial charge in [-0.15, -0.1) is 11.8 Å². The summed E-state index contributed by atoms with van der Waals surface area (Å²) in [6, 6.07) is 1.95. The van der Waals surface area contributed by atoms with Crippen LogP contribution in [0.5, 0.6) is 0 Å². The maximum atomic E-state index is 11.5. The third kappa shape index (κ3) is 1.85. The van der Waals surface area contributed by atoms with E-state index in [1.165, 1.54) is 16.7 Å². The Morgan fingerprint density at radius 2 is 2.32 bits per heavy atom. The number of β-lactam (4-membered cyclic amide) rings is 1. The highest BCUT2D eigenvalue weighted by atomic mass is 32.2. The number of carbonyl (C=O) groups excluding carboxylic acids is 1. The second kappa shape index (κ2) is 4.12. The van der Waals surface area contributed by atoms with Gasteiger partial charge in [0, 0.05) is 10.6 Å². The second-order valence-electron chi connectivity index (χ2n) is 4.70. The van der Waals surface area contributed by atoms with Crippen molar-refractivity contribution in [1.82, 2.24) is 14.7 Å². The van der Waals surface area contributed by atoms with Crippen molar-refractivity contribution < 1.29 is 14.7 Å². The number of hydrogen-bond acceptors (Lipinski definition) is 4. The fraction of sp³-hybridized carbons (Fsp3) is 0.417. The summed E-state index contributed by atoms with van der Waals surface area (Å²) < 4.78 is 1.77. The molecule has 19 heavy (non-hydrogen) atoms. The monoisotopic (exact) mass is 279 g/mol. The van der Waals surface area contributed by atoms with Crippen LogP contribution in [-0.2, 0) is 16.1 Å². The van der Waals surface area contributed by atoms with Crippen molar-refractivity contribution in [3.8, 4) is 0 Å². The number of carboxylic acids is 1. The number of amides is 1. The quantitative estimate of drug-likeness (QED) is 0.839. The topological polar surface area (TPSA) is 75.4 Å². The standard InChI is InChI=1S/C12H13N3O3S/c1-6-3-7(2)14(13-6)5-8-11(12(17)18)15-9(16)4-10(15)19-8/h3,10H,4-5H2,1-2H3,(H,17,18)/t10-/m1/s1. The smallest absolute Gasteiger partial charge is 0.353 e. The van der Waals surface area contributed by atoms with E-state index in [9.17, 15) is 14.7 Å². The van der Waals surface area contributed by atoms with E-state index in [0.717, 1.165) is 11.4 Å². The van der Waals surface area contributed by atoms with Gasteiger partial charge in [0.2, 0.25) is 5.91 Å². The first-order valence-electron chi connectivity index (χ1n) is 5.93. The highest BCUT2D eigenvalue weighted by Gasteiger charge is 2.48. The molecule has 1 aromatic rings. The lowest BCUT2D eigenvalue weighted by Gasteiger charge is -2.33. The minimum Gasteiger partial charge on any atom is -0.477 e. The molecule has 7 heteroatoms. The molecule has 2 aliphatic heterocycles. The van der Waals surface area contributed by atoms with Crippen molar-refractivity contribution in [3.05, 3.63) is 28.1 Å². The summed E-state index contributed by atoms with van der Waals surface area (Å²) >= 11 is 1.46. The van der Waals surface area contributed by atoms with Gasteiger partial charge in [0.05, 0.1) is 24.0 Å². The Balaban J connectivity index is 1.94. The first kappa shape index (κ1) is 12.3. The van der Waals surface area contributed by atoms with Gasteiger partial charge in [-0.25, -0.2) is 4.79 Å². The fourth-order valence-electron chi connectivity index (χ4n) is 2.41. The summed E-state index contributed by atoms with van der Waals surface area (Å²) in [5, 5.41) is 13.6. The molecule has 0 radical (unpaired) electrons. The zero-order chi connectivity index (χ0) is 13.7. The summed E-state index contributed by atoms with van der Waals surface area (Å²) in [7, 11) is 0. The van der Waals surface area contributed by atoms with E-state index in [4.69, 9.17) is 0 Å². The fourth-order valence-corrected chi connectivity index (χ4v) is 3.79. The first-order valence-corrected chi connectivity index (χ1v) is 6.81. The zero-order valence-electron chi connectivity index (χ0n) is 10.6. The molecular formula is C12H13N3O3S. The number of hydrogen-bond donors (Lipinski definition) is 1. The van der Waals surface area contributed by atoms with Gasteiger partial charge in [0.25, 0.3) is 0 Å². The van der Waals surface area contributed by atoms with Crippen LogP contribution >= 0.6 is 11.8 Å². The Bertz CT molecular complexity index is 620. The van der Waals surface area contributed by atoms with Crippen LogP contribution < -0.4 is 0 Å². The van der Waals surface area contributed by atoms with Crippen LogP contribution in [0, 0.1) is 13.8 Å². The largest absolute Gasteiger partial charge is 0.477 e. The number of carbonyl (C=O) groups is 2. The third-order valence-corrected chi connectivity index (χ3v) is 4.55. The van der Waals surface area contributed by atoms with Crippen molar-refractivity contribution in [3.63, 3.8) is 0 Å². The van der Waals surface area contributed by atoms with Crippen LogP contribution in [0.1, 0.15) is 17.8 Å². The van der Waals surface area contributed by atoms with E-state index in [2.05, 4.69) is 5.10 Å². The molecular weight excluding hydrogens is 266 g/mol. The molecule has 6 nitrogen and oxygen atoms in total. The zero-order valence-corrected chi connectivity index (χ0v) is 11.4. The van der Waals surface area contributed by atoms with Crippen LogP contribution in [0.2, 0.25) is 0 Å². The lowest BCUT2D eigenvalue weighted by molar-refractivity contribution is -0.145. The van der Waals surface area contributed by atoms with Gasteiger partial charge in [0.1, 0.15) is 5.70 Å². The van der Waals surface area contributed by atoms with Crippen LogP contribution in [0.3, 0.4) is 0 Å². The Morgan fingerprint density at radius 3 is 2.84 bits per heavy atom. The molecule has 2 aliphatic rings. The van der Waals surface area contributed by atoms with Crippen LogP contribution in [0.4, 0.5) is 0 Å². The number of fused-ring (bicyclic) bond motifs is 1. The summed E-state index contributed by atoms with van der Waals surface area (Å²) in [5.74, 6) is -1.15. The number of thioether (sulfide) groups is 1. The average Bonchev–Trinajstić information content (AvgIpc) is 2.77. The third-order valence-electron chi connectivity index (χ3n) is 3.29. The molecule has 1 amide bonds. The lowest BCUT2D eigenvalue weighted by atomic mass is 10.1. The summed E-state index contributed by atoms with van der Waals surface area (Å²) in [6.45, 7) is 4.24.